The summed E-state index contributed by atoms with van der Waals surface area (Å²) in [6.07, 6.45) is 2.10. The molecule has 2 heterocycles. The van der Waals surface area contributed by atoms with Crippen molar-refractivity contribution < 1.29 is 9.90 Å². The summed E-state index contributed by atoms with van der Waals surface area (Å²) in [6.45, 7) is 0.695. The Morgan fingerprint density at radius 1 is 1.27 bits per heavy atom. The second kappa shape index (κ2) is 2.99. The third kappa shape index (κ3) is 1.30. The summed E-state index contributed by atoms with van der Waals surface area (Å²) in [5.41, 5.74) is 1.09. The van der Waals surface area contributed by atoms with Gasteiger partial charge >= 0.3 is 0 Å². The zero-order chi connectivity index (χ0) is 10.4. The number of carbonyl (C=O) groups is 1. The molecular formula is C12H13NO2. The summed E-state index contributed by atoms with van der Waals surface area (Å²) < 4.78 is 0. The van der Waals surface area contributed by atoms with Gasteiger partial charge in [0.15, 0.2) is 0 Å². The van der Waals surface area contributed by atoms with Crippen LogP contribution in [0.3, 0.4) is 0 Å². The predicted molar refractivity (Wildman–Crippen MR) is 55.2 cm³/mol. The van der Waals surface area contributed by atoms with Gasteiger partial charge in [-0.15, -0.1) is 0 Å². The average molecular weight is 203 g/mol. The molecule has 0 unspecified atom stereocenters. The minimum atomic E-state index is 0.274. The van der Waals surface area contributed by atoms with Crippen LogP contribution in [0, 0.1) is 5.92 Å². The van der Waals surface area contributed by atoms with Crippen molar-refractivity contribution in [3.8, 4) is 5.75 Å². The lowest BCUT2D eigenvalue weighted by molar-refractivity contribution is -0.129. The van der Waals surface area contributed by atoms with Crippen LogP contribution >= 0.6 is 0 Å². The highest BCUT2D eigenvalue weighted by Gasteiger charge is 2.49. The van der Waals surface area contributed by atoms with Gasteiger partial charge in [0.2, 0.25) is 5.91 Å². The third-order valence-corrected chi connectivity index (χ3v) is 3.48. The van der Waals surface area contributed by atoms with Crippen LogP contribution in [0.5, 0.6) is 5.75 Å². The van der Waals surface area contributed by atoms with E-state index in [9.17, 15) is 4.79 Å². The van der Waals surface area contributed by atoms with Crippen LogP contribution in [0.25, 0.3) is 0 Å². The topological polar surface area (TPSA) is 40.5 Å². The molecule has 2 aliphatic heterocycles. The highest BCUT2D eigenvalue weighted by molar-refractivity contribution is 5.84. The van der Waals surface area contributed by atoms with Crippen LogP contribution in [0.2, 0.25) is 0 Å². The van der Waals surface area contributed by atoms with Crippen LogP contribution < -0.4 is 0 Å². The van der Waals surface area contributed by atoms with E-state index in [1.165, 1.54) is 0 Å². The number of benzene rings is 1. The molecule has 4 rings (SSSR count). The Labute approximate surface area is 88.3 Å². The first-order valence-electron chi connectivity index (χ1n) is 5.32. The summed E-state index contributed by atoms with van der Waals surface area (Å²) in [6, 6.07) is 7.56. The number of fused-ring (bicyclic) bond motifs is 1. The van der Waals surface area contributed by atoms with Crippen molar-refractivity contribution in [2.75, 3.05) is 0 Å². The van der Waals surface area contributed by atoms with Gasteiger partial charge in [0.05, 0.1) is 0 Å². The highest BCUT2D eigenvalue weighted by Crippen LogP contribution is 2.42. The number of phenolic OH excluding ortho intramolecular Hbond substituents is 1. The molecular weight excluding hydrogens is 190 g/mol. The summed E-state index contributed by atoms with van der Waals surface area (Å²) in [7, 11) is 0. The van der Waals surface area contributed by atoms with Crippen molar-refractivity contribution in [3.63, 3.8) is 0 Å². The van der Waals surface area contributed by atoms with E-state index in [2.05, 4.69) is 0 Å². The SMILES string of the molecule is O=C1C2CC(C2)N1Cc1ccc(O)cc1. The van der Waals surface area contributed by atoms with E-state index < -0.39 is 0 Å². The van der Waals surface area contributed by atoms with Gasteiger partial charge in [-0.1, -0.05) is 12.1 Å². The van der Waals surface area contributed by atoms with Crippen molar-refractivity contribution in [1.82, 2.24) is 4.90 Å². The van der Waals surface area contributed by atoms with E-state index in [1.807, 2.05) is 17.0 Å². The predicted octanol–water partition coefficient (Wildman–Crippen LogP) is 1.51. The molecule has 0 spiro atoms. The molecule has 0 radical (unpaired) electrons. The zero-order valence-corrected chi connectivity index (χ0v) is 8.39. The van der Waals surface area contributed by atoms with Gasteiger partial charge in [-0.05, 0) is 30.5 Å². The number of hydrogen-bond acceptors (Lipinski definition) is 2. The smallest absolute Gasteiger partial charge is 0.226 e. The van der Waals surface area contributed by atoms with Gasteiger partial charge in [-0.25, -0.2) is 0 Å². The molecule has 0 atom stereocenters. The number of carbonyl (C=O) groups excluding carboxylic acids is 1. The Hall–Kier alpha value is -1.51. The molecule has 3 nitrogen and oxygen atoms in total. The first-order valence-corrected chi connectivity index (χ1v) is 5.32. The van der Waals surface area contributed by atoms with Crippen LogP contribution in [-0.2, 0) is 11.3 Å². The first-order chi connectivity index (χ1) is 7.24. The lowest BCUT2D eigenvalue weighted by Crippen LogP contribution is -2.29. The summed E-state index contributed by atoms with van der Waals surface area (Å²) in [5, 5.41) is 9.15. The molecule has 15 heavy (non-hydrogen) atoms. The fourth-order valence-electron chi connectivity index (χ4n) is 2.46. The minimum Gasteiger partial charge on any atom is -0.508 e. The summed E-state index contributed by atoms with van der Waals surface area (Å²) in [5.74, 6) is 0.899. The highest BCUT2D eigenvalue weighted by atomic mass is 16.3. The third-order valence-electron chi connectivity index (χ3n) is 3.48. The summed E-state index contributed by atoms with van der Waals surface area (Å²) in [4.78, 5) is 13.7. The van der Waals surface area contributed by atoms with Crippen molar-refractivity contribution in [2.24, 2.45) is 5.92 Å². The first kappa shape index (κ1) is 8.77. The molecule has 2 bridgehead atoms. The van der Waals surface area contributed by atoms with Crippen LogP contribution in [0.4, 0.5) is 0 Å². The molecule has 1 aliphatic carbocycles. The number of rotatable bonds is 2. The fourth-order valence-corrected chi connectivity index (χ4v) is 2.46. The Balaban J connectivity index is 1.75. The molecule has 3 aliphatic rings. The number of hydrogen-bond donors (Lipinski definition) is 1. The molecule has 1 aromatic rings. The Kier molecular flexibility index (Phi) is 1.75. The quantitative estimate of drug-likeness (QED) is 0.791. The Morgan fingerprint density at radius 2 is 1.93 bits per heavy atom. The lowest BCUT2D eigenvalue weighted by Gasteiger charge is -2.25. The maximum Gasteiger partial charge on any atom is 0.226 e. The van der Waals surface area contributed by atoms with E-state index in [0.717, 1.165) is 18.4 Å². The maximum atomic E-state index is 11.7. The standard InChI is InChI=1S/C12H13NO2/c14-11-3-1-8(2-4-11)7-13-10-5-9(6-10)12(13)15/h1-4,9-10,14H,5-7H2. The number of nitrogens with zero attached hydrogens (tertiary/aromatic N) is 1. The fraction of sp³-hybridized carbons (Fsp3) is 0.417. The molecule has 0 aromatic heterocycles. The Bertz CT molecular complexity index is 393. The largest absolute Gasteiger partial charge is 0.508 e. The van der Waals surface area contributed by atoms with E-state index in [-0.39, 0.29) is 5.75 Å². The van der Waals surface area contributed by atoms with Crippen LogP contribution in [0.1, 0.15) is 18.4 Å². The maximum absolute atomic E-state index is 11.7. The van der Waals surface area contributed by atoms with Gasteiger partial charge < -0.3 is 10.0 Å². The van der Waals surface area contributed by atoms with E-state index in [4.69, 9.17) is 5.11 Å². The van der Waals surface area contributed by atoms with Crippen molar-refractivity contribution in [1.29, 1.82) is 0 Å². The number of aromatic hydroxyl groups is 1. The normalized spacial score (nSPS) is 28.0. The molecule has 78 valence electrons. The summed E-state index contributed by atoms with van der Waals surface area (Å²) >= 11 is 0. The van der Waals surface area contributed by atoms with Crippen LogP contribution in [0.15, 0.2) is 24.3 Å². The minimum absolute atomic E-state index is 0.274. The van der Waals surface area contributed by atoms with Gasteiger partial charge in [0.1, 0.15) is 5.75 Å². The molecule has 2 saturated heterocycles. The van der Waals surface area contributed by atoms with E-state index in [0.29, 0.717) is 24.4 Å². The molecule has 1 aromatic carbocycles. The molecule has 3 fully saturated rings. The second-order valence-corrected chi connectivity index (χ2v) is 4.45. The zero-order valence-electron chi connectivity index (χ0n) is 8.39. The van der Waals surface area contributed by atoms with E-state index >= 15 is 0 Å². The van der Waals surface area contributed by atoms with Crippen molar-refractivity contribution >= 4 is 5.91 Å². The Morgan fingerprint density at radius 3 is 2.47 bits per heavy atom. The number of amides is 1. The second-order valence-electron chi connectivity index (χ2n) is 4.45. The van der Waals surface area contributed by atoms with Crippen molar-refractivity contribution in [2.45, 2.75) is 25.4 Å². The van der Waals surface area contributed by atoms with Crippen LogP contribution in [-0.4, -0.2) is 22.0 Å². The van der Waals surface area contributed by atoms with Crippen molar-refractivity contribution in [3.05, 3.63) is 29.8 Å². The molecule has 1 N–H and O–H groups in total. The monoisotopic (exact) mass is 203 g/mol. The van der Waals surface area contributed by atoms with Gasteiger partial charge in [-0.2, -0.15) is 0 Å². The molecule has 1 amide bonds. The lowest BCUT2D eigenvalue weighted by atomic mass is 9.86. The van der Waals surface area contributed by atoms with Gasteiger partial charge in [0.25, 0.3) is 0 Å². The number of phenols is 1. The molecule has 3 heteroatoms. The molecule has 1 saturated carbocycles. The van der Waals surface area contributed by atoms with E-state index in [1.54, 1.807) is 12.1 Å². The van der Waals surface area contributed by atoms with Gasteiger partial charge in [0, 0.05) is 18.5 Å². The average Bonchev–Trinajstić information content (AvgIpc) is 2.60. The van der Waals surface area contributed by atoms with Gasteiger partial charge in [-0.3, -0.25) is 4.79 Å².